The summed E-state index contributed by atoms with van der Waals surface area (Å²) in [6.07, 6.45) is 0. The van der Waals surface area contributed by atoms with E-state index in [0.717, 1.165) is 29.2 Å². The first kappa shape index (κ1) is 20.2. The lowest BCUT2D eigenvalue weighted by Crippen LogP contribution is -2.30. The summed E-state index contributed by atoms with van der Waals surface area (Å²) in [5.74, 6) is -5.41. The molecule has 1 atom stereocenters. The van der Waals surface area contributed by atoms with Crippen molar-refractivity contribution in [2.75, 3.05) is 4.90 Å². The Morgan fingerprint density at radius 2 is 1.45 bits per heavy atom. The molecule has 1 heterocycles. The zero-order valence-corrected chi connectivity index (χ0v) is 15.7. The fourth-order valence-corrected chi connectivity index (χ4v) is 3.49. The van der Waals surface area contributed by atoms with E-state index in [1.54, 1.807) is 0 Å². The Kier molecular flexibility index (Phi) is 4.98. The lowest BCUT2D eigenvalue weighted by atomic mass is 9.95. The van der Waals surface area contributed by atoms with E-state index in [1.807, 2.05) is 0 Å². The van der Waals surface area contributed by atoms with Crippen molar-refractivity contribution in [2.45, 2.75) is 6.04 Å². The number of Topliss-reactive ketones (excluding diaryl/α,β-unsaturated/α-hetero) is 1. The van der Waals surface area contributed by atoms with Crippen LogP contribution in [0.2, 0.25) is 0 Å². The molecule has 2 N–H and O–H groups in total. The monoisotopic (exact) mass is 425 g/mol. The minimum Gasteiger partial charge on any atom is -0.508 e. The van der Waals surface area contributed by atoms with E-state index in [4.69, 9.17) is 0 Å². The maximum atomic E-state index is 14.5. The summed E-state index contributed by atoms with van der Waals surface area (Å²) in [6.45, 7) is 0. The standard InChI is InChI=1S/C23H14F3NO4/c24-14-5-1-13(2-6-14)21(29)19-20(12-3-8-16(28)9-4-12)27(23(31)22(19)30)18-10-7-15(25)11-17(18)26/h1-11,20,28-29H/b21-19+. The van der Waals surface area contributed by atoms with Gasteiger partial charge in [0, 0.05) is 11.6 Å². The van der Waals surface area contributed by atoms with Crippen molar-refractivity contribution in [3.8, 4) is 5.75 Å². The number of halogens is 3. The molecule has 4 rings (SSSR count). The number of aliphatic hydroxyl groups is 1. The number of aromatic hydroxyl groups is 1. The molecule has 5 nitrogen and oxygen atoms in total. The van der Waals surface area contributed by atoms with Crippen LogP contribution in [0.1, 0.15) is 17.2 Å². The largest absolute Gasteiger partial charge is 0.508 e. The molecule has 3 aromatic rings. The van der Waals surface area contributed by atoms with Crippen molar-refractivity contribution in [3.63, 3.8) is 0 Å². The quantitative estimate of drug-likeness (QED) is 0.370. The molecular weight excluding hydrogens is 411 g/mol. The predicted octanol–water partition coefficient (Wildman–Crippen LogP) is 4.44. The van der Waals surface area contributed by atoms with Crippen LogP contribution in [0.15, 0.2) is 72.3 Å². The number of benzene rings is 3. The predicted molar refractivity (Wildman–Crippen MR) is 106 cm³/mol. The Balaban J connectivity index is 1.96. The zero-order chi connectivity index (χ0) is 22.3. The molecule has 156 valence electrons. The molecule has 31 heavy (non-hydrogen) atoms. The SMILES string of the molecule is O=C1C(=O)N(c2ccc(F)cc2F)C(c2ccc(O)cc2)/C1=C(\O)c1ccc(F)cc1. The van der Waals surface area contributed by atoms with Gasteiger partial charge in [0.25, 0.3) is 11.7 Å². The molecule has 1 amide bonds. The number of rotatable bonds is 3. The van der Waals surface area contributed by atoms with Gasteiger partial charge in [-0.15, -0.1) is 0 Å². The van der Waals surface area contributed by atoms with E-state index < -0.39 is 40.9 Å². The van der Waals surface area contributed by atoms with E-state index in [9.17, 15) is 33.0 Å². The Morgan fingerprint density at radius 3 is 2.06 bits per heavy atom. The summed E-state index contributed by atoms with van der Waals surface area (Å²) in [5.41, 5.74) is -0.363. The molecule has 1 unspecified atom stereocenters. The average molecular weight is 425 g/mol. The third-order valence-electron chi connectivity index (χ3n) is 4.94. The molecule has 8 heteroatoms. The molecule has 0 radical (unpaired) electrons. The summed E-state index contributed by atoms with van der Waals surface area (Å²) in [5, 5.41) is 20.4. The Labute approximate surface area is 174 Å². The van der Waals surface area contributed by atoms with Gasteiger partial charge in [-0.2, -0.15) is 0 Å². The maximum absolute atomic E-state index is 14.5. The molecular formula is C23H14F3NO4. The van der Waals surface area contributed by atoms with E-state index in [-0.39, 0.29) is 28.1 Å². The second-order valence-corrected chi connectivity index (χ2v) is 6.86. The number of nitrogens with zero attached hydrogens (tertiary/aromatic N) is 1. The molecule has 0 spiro atoms. The van der Waals surface area contributed by atoms with Crippen LogP contribution in [0, 0.1) is 17.5 Å². The zero-order valence-electron chi connectivity index (χ0n) is 15.7. The molecule has 3 aromatic carbocycles. The van der Waals surface area contributed by atoms with Crippen LogP contribution in [0.5, 0.6) is 5.75 Å². The van der Waals surface area contributed by atoms with Crippen LogP contribution in [0.25, 0.3) is 5.76 Å². The summed E-state index contributed by atoms with van der Waals surface area (Å²) < 4.78 is 41.2. The summed E-state index contributed by atoms with van der Waals surface area (Å²) in [6, 6.07) is 11.2. The average Bonchev–Trinajstić information content (AvgIpc) is 3.00. The molecule has 0 aromatic heterocycles. The highest BCUT2D eigenvalue weighted by molar-refractivity contribution is 6.51. The van der Waals surface area contributed by atoms with Gasteiger partial charge < -0.3 is 10.2 Å². The number of phenols is 1. The lowest BCUT2D eigenvalue weighted by molar-refractivity contribution is -0.132. The third-order valence-corrected chi connectivity index (χ3v) is 4.94. The molecule has 1 aliphatic rings. The first-order chi connectivity index (χ1) is 14.8. The number of phenolic OH excluding ortho intramolecular Hbond substituents is 1. The number of aliphatic hydroxyl groups excluding tert-OH is 1. The highest BCUT2D eigenvalue weighted by atomic mass is 19.1. The number of anilines is 1. The van der Waals surface area contributed by atoms with Crippen molar-refractivity contribution >= 4 is 23.1 Å². The second-order valence-electron chi connectivity index (χ2n) is 6.86. The van der Waals surface area contributed by atoms with Crippen LogP contribution in [-0.4, -0.2) is 21.9 Å². The molecule has 1 fully saturated rings. The van der Waals surface area contributed by atoms with Crippen LogP contribution in [0.4, 0.5) is 18.9 Å². The fraction of sp³-hybridized carbons (Fsp3) is 0.0435. The minimum atomic E-state index is -1.27. The highest BCUT2D eigenvalue weighted by Crippen LogP contribution is 2.43. The van der Waals surface area contributed by atoms with Gasteiger partial charge >= 0.3 is 0 Å². The van der Waals surface area contributed by atoms with Crippen LogP contribution in [0.3, 0.4) is 0 Å². The van der Waals surface area contributed by atoms with E-state index in [1.165, 1.54) is 36.4 Å². The highest BCUT2D eigenvalue weighted by Gasteiger charge is 2.47. The van der Waals surface area contributed by atoms with Gasteiger partial charge in [-0.25, -0.2) is 13.2 Å². The molecule has 0 aliphatic carbocycles. The van der Waals surface area contributed by atoms with Crippen LogP contribution < -0.4 is 4.90 Å². The number of amides is 1. The van der Waals surface area contributed by atoms with Gasteiger partial charge in [-0.3, -0.25) is 14.5 Å². The molecule has 0 saturated carbocycles. The number of hydrogen-bond acceptors (Lipinski definition) is 4. The lowest BCUT2D eigenvalue weighted by Gasteiger charge is -2.25. The maximum Gasteiger partial charge on any atom is 0.300 e. The first-order valence-electron chi connectivity index (χ1n) is 9.09. The Bertz CT molecular complexity index is 1220. The van der Waals surface area contributed by atoms with Crippen molar-refractivity contribution in [3.05, 3.63) is 101 Å². The van der Waals surface area contributed by atoms with Gasteiger partial charge in [-0.1, -0.05) is 12.1 Å². The smallest absolute Gasteiger partial charge is 0.300 e. The van der Waals surface area contributed by atoms with Crippen LogP contribution in [-0.2, 0) is 9.59 Å². The van der Waals surface area contributed by atoms with Gasteiger partial charge in [0.1, 0.15) is 29.0 Å². The van der Waals surface area contributed by atoms with Crippen molar-refractivity contribution in [1.82, 2.24) is 0 Å². The second kappa shape index (κ2) is 7.64. The number of ketones is 1. The molecule has 1 saturated heterocycles. The summed E-state index contributed by atoms with van der Waals surface area (Å²) in [7, 11) is 0. The number of hydrogen-bond donors (Lipinski definition) is 2. The molecule has 1 aliphatic heterocycles. The summed E-state index contributed by atoms with van der Waals surface area (Å²) in [4.78, 5) is 26.5. The topological polar surface area (TPSA) is 77.8 Å². The minimum absolute atomic E-state index is 0.0720. The van der Waals surface area contributed by atoms with Crippen LogP contribution >= 0.6 is 0 Å². The normalized spacial score (nSPS) is 17.9. The van der Waals surface area contributed by atoms with Gasteiger partial charge in [0.2, 0.25) is 0 Å². The van der Waals surface area contributed by atoms with Gasteiger partial charge in [-0.05, 0) is 54.1 Å². The third kappa shape index (κ3) is 3.52. The molecule has 0 bridgehead atoms. The number of carbonyl (C=O) groups excluding carboxylic acids is 2. The van der Waals surface area contributed by atoms with E-state index in [0.29, 0.717) is 6.07 Å². The van der Waals surface area contributed by atoms with E-state index in [2.05, 4.69) is 0 Å². The van der Waals surface area contributed by atoms with E-state index >= 15 is 0 Å². The van der Waals surface area contributed by atoms with Crippen molar-refractivity contribution < 1.29 is 33.0 Å². The van der Waals surface area contributed by atoms with Crippen molar-refractivity contribution in [2.24, 2.45) is 0 Å². The van der Waals surface area contributed by atoms with Crippen molar-refractivity contribution in [1.29, 1.82) is 0 Å². The Morgan fingerprint density at radius 1 is 0.839 bits per heavy atom. The number of carbonyl (C=O) groups is 2. The Hall–Kier alpha value is -4.07. The van der Waals surface area contributed by atoms with Gasteiger partial charge in [0.15, 0.2) is 0 Å². The fourth-order valence-electron chi connectivity index (χ4n) is 3.49. The first-order valence-corrected chi connectivity index (χ1v) is 9.09. The summed E-state index contributed by atoms with van der Waals surface area (Å²) >= 11 is 0. The van der Waals surface area contributed by atoms with Gasteiger partial charge in [0.05, 0.1) is 17.3 Å².